The molecule has 1 spiro atoms. The number of nitrogens with one attached hydrogen (secondary N) is 1. The third-order valence-corrected chi connectivity index (χ3v) is 8.61. The van der Waals surface area contributed by atoms with Crippen LogP contribution >= 0.6 is 0 Å². The Morgan fingerprint density at radius 1 is 0.878 bits per heavy atom. The first-order valence-electron chi connectivity index (χ1n) is 13.4. The van der Waals surface area contributed by atoms with E-state index in [1.54, 1.807) is 36.4 Å². The number of carbonyl (C=O) groups is 3. The molecule has 7 heteroatoms. The van der Waals surface area contributed by atoms with E-state index >= 15 is 4.39 Å². The maximum Gasteiger partial charge on any atom is 0.238 e. The monoisotopic (exact) mass is 544 g/mol. The predicted octanol–water partition coefficient (Wildman–Crippen LogP) is 5.69. The van der Waals surface area contributed by atoms with Gasteiger partial charge in [-0.3, -0.25) is 14.4 Å². The second-order valence-corrected chi connectivity index (χ2v) is 10.5. The molecule has 0 aromatic heterocycles. The quantitative estimate of drug-likeness (QED) is 0.327. The van der Waals surface area contributed by atoms with Crippen molar-refractivity contribution in [2.24, 2.45) is 5.92 Å². The number of carbonyl (C=O) groups excluding carboxylic acids is 3. The molecule has 1 fully saturated rings. The number of ketones is 2. The van der Waals surface area contributed by atoms with Gasteiger partial charge in [0, 0.05) is 16.9 Å². The molecule has 0 saturated carbocycles. The molecule has 4 aromatic rings. The topological polar surface area (TPSA) is 75.7 Å². The van der Waals surface area contributed by atoms with Crippen molar-refractivity contribution in [1.29, 1.82) is 0 Å². The minimum atomic E-state index is -1.46. The largest absolute Gasteiger partial charge is 0.497 e. The molecule has 41 heavy (non-hydrogen) atoms. The van der Waals surface area contributed by atoms with Crippen LogP contribution in [0.4, 0.5) is 15.8 Å². The van der Waals surface area contributed by atoms with Gasteiger partial charge in [-0.15, -0.1) is 0 Å². The fraction of sp³-hybridized carbons (Fsp3) is 0.147. The van der Waals surface area contributed by atoms with E-state index in [9.17, 15) is 14.4 Å². The molecule has 202 valence electrons. The van der Waals surface area contributed by atoms with Gasteiger partial charge in [0.1, 0.15) is 23.0 Å². The van der Waals surface area contributed by atoms with Crippen LogP contribution < -0.4 is 15.0 Å². The van der Waals surface area contributed by atoms with Gasteiger partial charge in [-0.2, -0.15) is 0 Å². The van der Waals surface area contributed by atoms with Gasteiger partial charge in [-0.1, -0.05) is 60.7 Å². The van der Waals surface area contributed by atoms with Crippen LogP contribution in [0.25, 0.3) is 6.08 Å². The first kappa shape index (κ1) is 25.0. The van der Waals surface area contributed by atoms with Crippen LogP contribution in [0.2, 0.25) is 0 Å². The highest BCUT2D eigenvalue weighted by atomic mass is 19.1. The number of rotatable bonds is 5. The molecule has 1 saturated heterocycles. The minimum absolute atomic E-state index is 0.125. The van der Waals surface area contributed by atoms with Crippen molar-refractivity contribution in [3.05, 3.63) is 131 Å². The van der Waals surface area contributed by atoms with Crippen molar-refractivity contribution in [2.45, 2.75) is 17.5 Å². The van der Waals surface area contributed by atoms with E-state index in [1.807, 2.05) is 59.5 Å². The Labute approximate surface area is 236 Å². The van der Waals surface area contributed by atoms with Crippen molar-refractivity contribution in [1.82, 2.24) is 0 Å². The molecule has 6 nitrogen and oxygen atoms in total. The second-order valence-electron chi connectivity index (χ2n) is 10.5. The number of nitrogens with zero attached hydrogens (tertiary/aromatic N) is 1. The SMILES string of the molecule is COc1ccc(C(=O)[C@@H]2[C@H](C(=O)c3ccccc3F)N3c4ccccc4C=C[C@H]3[C@@]23C(=O)Nc2ccccc23)cc1. The van der Waals surface area contributed by atoms with Crippen molar-refractivity contribution < 1.29 is 23.5 Å². The normalized spacial score (nSPS) is 23.5. The third-order valence-electron chi connectivity index (χ3n) is 8.61. The molecule has 7 rings (SSSR count). The Morgan fingerprint density at radius 2 is 1.59 bits per heavy atom. The Kier molecular flexibility index (Phi) is 5.64. The average Bonchev–Trinajstić information content (AvgIpc) is 3.49. The number of methoxy groups -OCH3 is 1. The number of fused-ring (bicyclic) bond motifs is 6. The molecule has 1 N–H and O–H groups in total. The Hall–Kier alpha value is -5.04. The fourth-order valence-corrected chi connectivity index (χ4v) is 6.87. The van der Waals surface area contributed by atoms with Gasteiger partial charge in [0.2, 0.25) is 5.91 Å². The molecule has 3 heterocycles. The van der Waals surface area contributed by atoms with Crippen LogP contribution in [-0.4, -0.2) is 36.7 Å². The van der Waals surface area contributed by atoms with Crippen LogP contribution in [-0.2, 0) is 10.2 Å². The summed E-state index contributed by atoms with van der Waals surface area (Å²) in [6.07, 6.45) is 3.82. The summed E-state index contributed by atoms with van der Waals surface area (Å²) >= 11 is 0. The highest BCUT2D eigenvalue weighted by Crippen LogP contribution is 2.58. The molecule has 4 aromatic carbocycles. The molecule has 1 amide bonds. The zero-order chi connectivity index (χ0) is 28.3. The molecule has 0 radical (unpaired) electrons. The first-order valence-corrected chi connectivity index (χ1v) is 13.4. The molecular formula is C34H25FN2O4. The van der Waals surface area contributed by atoms with Gasteiger partial charge in [-0.25, -0.2) is 4.39 Å². The van der Waals surface area contributed by atoms with Gasteiger partial charge >= 0.3 is 0 Å². The summed E-state index contributed by atoms with van der Waals surface area (Å²) in [7, 11) is 1.54. The van der Waals surface area contributed by atoms with Gasteiger partial charge in [0.05, 0.1) is 24.6 Å². The molecule has 3 aliphatic heterocycles. The average molecular weight is 545 g/mol. The summed E-state index contributed by atoms with van der Waals surface area (Å²) in [5.41, 5.74) is 1.53. The summed E-state index contributed by atoms with van der Waals surface area (Å²) in [6.45, 7) is 0. The standard InChI is InChI=1S/C34H25FN2O4/c1-41-22-17-14-21(15-18-22)31(38)29-30(32(39)23-9-3-5-11-25(23)35)37-27-13-7-2-8-20(27)16-19-28(37)34(29)24-10-4-6-12-26(24)36-33(34)40/h2-19,28-30H,1H3,(H,36,40)/t28-,29-,30+,34+/m0/s1. The molecule has 0 aliphatic carbocycles. The van der Waals surface area contributed by atoms with Crippen LogP contribution in [0, 0.1) is 11.7 Å². The van der Waals surface area contributed by atoms with E-state index in [0.717, 1.165) is 5.56 Å². The summed E-state index contributed by atoms with van der Waals surface area (Å²) in [5, 5.41) is 3.00. The zero-order valence-corrected chi connectivity index (χ0v) is 22.1. The number of para-hydroxylation sites is 2. The Morgan fingerprint density at radius 3 is 2.37 bits per heavy atom. The van der Waals surface area contributed by atoms with Gasteiger partial charge in [-0.05, 0) is 59.7 Å². The smallest absolute Gasteiger partial charge is 0.238 e. The zero-order valence-electron chi connectivity index (χ0n) is 22.1. The van der Waals surface area contributed by atoms with E-state index in [2.05, 4.69) is 5.32 Å². The number of hydrogen-bond donors (Lipinski definition) is 1. The van der Waals surface area contributed by atoms with Gasteiger partial charge in [0.25, 0.3) is 0 Å². The Bertz CT molecular complexity index is 1760. The van der Waals surface area contributed by atoms with Gasteiger partial charge < -0.3 is 15.0 Å². The van der Waals surface area contributed by atoms with Gasteiger partial charge in [0.15, 0.2) is 11.6 Å². The summed E-state index contributed by atoms with van der Waals surface area (Å²) in [6, 6.07) is 25.4. The van der Waals surface area contributed by atoms with E-state index < -0.39 is 35.0 Å². The van der Waals surface area contributed by atoms with E-state index in [4.69, 9.17) is 4.74 Å². The van der Waals surface area contributed by atoms with E-state index in [0.29, 0.717) is 28.3 Å². The third kappa shape index (κ3) is 3.45. The lowest BCUT2D eigenvalue weighted by Gasteiger charge is -2.37. The maximum atomic E-state index is 15.2. The van der Waals surface area contributed by atoms with Crippen molar-refractivity contribution in [3.8, 4) is 5.75 Å². The molecule has 4 atom stereocenters. The number of benzene rings is 4. The van der Waals surface area contributed by atoms with E-state index in [1.165, 1.54) is 25.3 Å². The highest BCUT2D eigenvalue weighted by Gasteiger charge is 2.70. The lowest BCUT2D eigenvalue weighted by Crippen LogP contribution is -2.51. The number of amides is 1. The number of anilines is 2. The summed E-state index contributed by atoms with van der Waals surface area (Å²) in [4.78, 5) is 45.4. The predicted molar refractivity (Wildman–Crippen MR) is 154 cm³/mol. The lowest BCUT2D eigenvalue weighted by atomic mass is 9.64. The number of halogens is 1. The highest BCUT2D eigenvalue weighted by molar-refractivity contribution is 6.18. The second kappa shape index (κ2) is 9.27. The van der Waals surface area contributed by atoms with Crippen molar-refractivity contribution in [3.63, 3.8) is 0 Å². The Balaban J connectivity index is 1.53. The number of Topliss-reactive ketones (excluding diaryl/α,β-unsaturated/α-hetero) is 2. The lowest BCUT2D eigenvalue weighted by molar-refractivity contribution is -0.121. The maximum absolute atomic E-state index is 15.2. The van der Waals surface area contributed by atoms with Crippen LogP contribution in [0.5, 0.6) is 5.75 Å². The molecule has 3 aliphatic rings. The van der Waals surface area contributed by atoms with Crippen molar-refractivity contribution >= 4 is 34.9 Å². The molecular weight excluding hydrogens is 519 g/mol. The van der Waals surface area contributed by atoms with Crippen LogP contribution in [0.15, 0.2) is 103 Å². The van der Waals surface area contributed by atoms with E-state index in [-0.39, 0.29) is 17.3 Å². The number of hydrogen-bond acceptors (Lipinski definition) is 5. The summed E-state index contributed by atoms with van der Waals surface area (Å²) in [5.74, 6) is -2.59. The fourth-order valence-electron chi connectivity index (χ4n) is 6.87. The number of ether oxygens (including phenoxy) is 1. The van der Waals surface area contributed by atoms with Crippen LogP contribution in [0.3, 0.4) is 0 Å². The molecule has 0 unspecified atom stereocenters. The van der Waals surface area contributed by atoms with Crippen LogP contribution in [0.1, 0.15) is 31.8 Å². The van der Waals surface area contributed by atoms with Crippen molar-refractivity contribution in [2.75, 3.05) is 17.3 Å². The first-order chi connectivity index (χ1) is 20.0. The summed E-state index contributed by atoms with van der Waals surface area (Å²) < 4.78 is 20.5. The minimum Gasteiger partial charge on any atom is -0.497 e. The molecule has 0 bridgehead atoms.